The SMILES string of the molecule is CC/C=C/C=C/C=C/C=C/CCCCCC(=O)OCC(COCCC(C(=O)O)[N+](C)(C)C)OC(=O)CCCCCCCCCCCC/C=C/C=C/CCCCC. The Bertz CT molecular complexity index is 1140. The van der Waals surface area contributed by atoms with Gasteiger partial charge in [-0.1, -0.05) is 157 Å². The Hall–Kier alpha value is -3.23. The molecule has 0 radical (unpaired) electrons. The number of carbonyl (C=O) groups is 3. The molecule has 0 aliphatic carbocycles. The number of rotatable bonds is 38. The third-order valence-electron chi connectivity index (χ3n) is 9.46. The molecular weight excluding hydrogens is 703 g/mol. The number of esters is 2. The van der Waals surface area contributed by atoms with Crippen molar-refractivity contribution < 1.29 is 38.2 Å². The van der Waals surface area contributed by atoms with Crippen molar-refractivity contribution in [1.82, 2.24) is 0 Å². The number of nitrogens with zero attached hydrogens (tertiary/aromatic N) is 1. The van der Waals surface area contributed by atoms with Crippen molar-refractivity contribution in [3.05, 3.63) is 72.9 Å². The highest BCUT2D eigenvalue weighted by Gasteiger charge is 2.31. The Balaban J connectivity index is 4.38. The number of likely N-dealkylation sites (N-methyl/N-ethyl adjacent to an activating group) is 1. The van der Waals surface area contributed by atoms with Gasteiger partial charge in [-0.25, -0.2) is 4.79 Å². The maximum atomic E-state index is 12.7. The van der Waals surface area contributed by atoms with Crippen LogP contribution < -0.4 is 0 Å². The van der Waals surface area contributed by atoms with Crippen molar-refractivity contribution in [2.24, 2.45) is 0 Å². The van der Waals surface area contributed by atoms with Gasteiger partial charge in [-0.05, 0) is 57.8 Å². The van der Waals surface area contributed by atoms with Crippen LogP contribution in [-0.4, -0.2) is 80.6 Å². The topological polar surface area (TPSA) is 99.1 Å². The molecule has 0 bridgehead atoms. The first-order valence-corrected chi connectivity index (χ1v) is 22.0. The number of carboxylic acid groups (broad SMARTS) is 1. The van der Waals surface area contributed by atoms with Gasteiger partial charge in [0, 0.05) is 19.3 Å². The zero-order valence-electron chi connectivity index (χ0n) is 36.3. The molecule has 56 heavy (non-hydrogen) atoms. The Kier molecular flexibility index (Phi) is 36.4. The van der Waals surface area contributed by atoms with E-state index in [2.05, 4.69) is 50.3 Å². The number of allylic oxidation sites excluding steroid dienone is 12. The van der Waals surface area contributed by atoms with Crippen molar-refractivity contribution in [2.45, 2.75) is 174 Å². The number of carbonyl (C=O) groups excluding carboxylic acids is 2. The second-order valence-electron chi connectivity index (χ2n) is 15.7. The number of hydrogen-bond donors (Lipinski definition) is 1. The van der Waals surface area contributed by atoms with Crippen LogP contribution in [0.5, 0.6) is 0 Å². The van der Waals surface area contributed by atoms with Crippen LogP contribution in [0.1, 0.15) is 162 Å². The Morgan fingerprint density at radius 1 is 0.554 bits per heavy atom. The van der Waals surface area contributed by atoms with Crippen molar-refractivity contribution in [2.75, 3.05) is 41.0 Å². The van der Waals surface area contributed by atoms with Crippen molar-refractivity contribution >= 4 is 17.9 Å². The molecule has 0 fully saturated rings. The Morgan fingerprint density at radius 3 is 1.52 bits per heavy atom. The minimum Gasteiger partial charge on any atom is -0.477 e. The summed E-state index contributed by atoms with van der Waals surface area (Å²) in [4.78, 5) is 36.9. The summed E-state index contributed by atoms with van der Waals surface area (Å²) in [7, 11) is 5.50. The lowest BCUT2D eigenvalue weighted by molar-refractivity contribution is -0.887. The van der Waals surface area contributed by atoms with E-state index in [9.17, 15) is 19.5 Å². The van der Waals surface area contributed by atoms with Gasteiger partial charge >= 0.3 is 17.9 Å². The van der Waals surface area contributed by atoms with Crippen molar-refractivity contribution in [3.8, 4) is 0 Å². The van der Waals surface area contributed by atoms with Gasteiger partial charge in [0.2, 0.25) is 0 Å². The molecule has 0 spiro atoms. The fourth-order valence-electron chi connectivity index (χ4n) is 6.03. The molecule has 0 rings (SSSR count). The van der Waals surface area contributed by atoms with Crippen LogP contribution in [0.3, 0.4) is 0 Å². The highest BCUT2D eigenvalue weighted by molar-refractivity contribution is 5.72. The second-order valence-corrected chi connectivity index (χ2v) is 15.7. The van der Waals surface area contributed by atoms with Crippen LogP contribution in [0.2, 0.25) is 0 Å². The summed E-state index contributed by atoms with van der Waals surface area (Å²) in [5, 5.41) is 9.61. The van der Waals surface area contributed by atoms with Crippen molar-refractivity contribution in [1.29, 1.82) is 0 Å². The highest BCUT2D eigenvalue weighted by atomic mass is 16.6. The van der Waals surface area contributed by atoms with Gasteiger partial charge in [0.25, 0.3) is 0 Å². The van der Waals surface area contributed by atoms with Gasteiger partial charge < -0.3 is 23.8 Å². The third-order valence-corrected chi connectivity index (χ3v) is 9.46. The van der Waals surface area contributed by atoms with Crippen LogP contribution in [0, 0.1) is 0 Å². The molecule has 2 atom stereocenters. The number of ether oxygens (including phenoxy) is 3. The average Bonchev–Trinajstić information content (AvgIpc) is 3.15. The smallest absolute Gasteiger partial charge is 0.362 e. The first kappa shape index (κ1) is 52.8. The van der Waals surface area contributed by atoms with E-state index in [0.29, 0.717) is 19.3 Å². The van der Waals surface area contributed by atoms with Crippen LogP contribution >= 0.6 is 0 Å². The molecule has 320 valence electrons. The molecule has 0 aromatic heterocycles. The quantitative estimate of drug-likeness (QED) is 0.0288. The van der Waals surface area contributed by atoms with Crippen LogP contribution in [-0.2, 0) is 28.6 Å². The van der Waals surface area contributed by atoms with Gasteiger partial charge in [-0.2, -0.15) is 0 Å². The minimum absolute atomic E-state index is 0.0434. The molecule has 0 heterocycles. The fraction of sp³-hybridized carbons (Fsp3) is 0.688. The zero-order chi connectivity index (χ0) is 41.4. The lowest BCUT2D eigenvalue weighted by atomic mass is 10.1. The molecule has 0 amide bonds. The normalized spacial score (nSPS) is 13.7. The number of carboxylic acids is 1. The summed E-state index contributed by atoms with van der Waals surface area (Å²) in [6.07, 6.45) is 48.0. The minimum atomic E-state index is -0.884. The van der Waals surface area contributed by atoms with Gasteiger partial charge in [0.15, 0.2) is 12.1 Å². The molecule has 8 heteroatoms. The Morgan fingerprint density at radius 2 is 1.00 bits per heavy atom. The lowest BCUT2D eigenvalue weighted by Gasteiger charge is -2.31. The average molecular weight is 785 g/mol. The molecule has 0 aromatic carbocycles. The van der Waals surface area contributed by atoms with Gasteiger partial charge in [0.1, 0.15) is 6.61 Å². The fourth-order valence-corrected chi connectivity index (χ4v) is 6.03. The maximum absolute atomic E-state index is 12.7. The number of hydrogen-bond acceptors (Lipinski definition) is 6. The molecule has 8 nitrogen and oxygen atoms in total. The van der Waals surface area contributed by atoms with Gasteiger partial charge in [0.05, 0.1) is 34.4 Å². The largest absolute Gasteiger partial charge is 0.477 e. The maximum Gasteiger partial charge on any atom is 0.362 e. The van der Waals surface area contributed by atoms with E-state index in [-0.39, 0.29) is 36.2 Å². The first-order valence-electron chi connectivity index (χ1n) is 22.0. The summed E-state index contributed by atoms with van der Waals surface area (Å²) >= 11 is 0. The predicted molar refractivity (Wildman–Crippen MR) is 233 cm³/mol. The van der Waals surface area contributed by atoms with Crippen LogP contribution in [0.15, 0.2) is 72.9 Å². The molecule has 2 unspecified atom stereocenters. The summed E-state index contributed by atoms with van der Waals surface area (Å²) in [6, 6.07) is -0.624. The van der Waals surface area contributed by atoms with E-state index in [0.717, 1.165) is 51.4 Å². The van der Waals surface area contributed by atoms with Gasteiger partial charge in [-0.15, -0.1) is 0 Å². The first-order chi connectivity index (χ1) is 27.1. The third kappa shape index (κ3) is 36.4. The molecule has 0 saturated carbocycles. The molecule has 0 saturated heterocycles. The zero-order valence-corrected chi connectivity index (χ0v) is 36.3. The van der Waals surface area contributed by atoms with E-state index < -0.39 is 18.1 Å². The highest BCUT2D eigenvalue weighted by Crippen LogP contribution is 2.14. The van der Waals surface area contributed by atoms with Gasteiger partial charge in [-0.3, -0.25) is 9.59 Å². The second kappa shape index (κ2) is 38.6. The monoisotopic (exact) mass is 785 g/mol. The predicted octanol–water partition coefficient (Wildman–Crippen LogP) is 12.0. The van der Waals surface area contributed by atoms with E-state index in [1.54, 1.807) is 0 Å². The number of unbranched alkanes of at least 4 members (excludes halogenated alkanes) is 16. The van der Waals surface area contributed by atoms with E-state index >= 15 is 0 Å². The Labute approximate surface area is 342 Å². The standard InChI is InChI=1S/C48H81NO7/c1-6-8-10-12-14-16-18-20-21-22-23-24-25-27-29-31-33-35-37-39-47(51)56-44(42-54-41-40-45(48(52)53)49(3,4)5)43-55-46(50)38-36-34-32-30-28-26-19-17-15-13-11-9-7-2/h9,11,13-20,26,28,44-45H,6-8,10,12,21-25,27,29-43H2,1-5H3/p+1/b11-9+,15-13+,16-14+,19-17+,20-18+,28-26+. The number of aliphatic carboxylic acids is 1. The van der Waals surface area contributed by atoms with Crippen LogP contribution in [0.25, 0.3) is 0 Å². The van der Waals surface area contributed by atoms with E-state index in [4.69, 9.17) is 14.2 Å². The molecule has 0 aliphatic rings. The van der Waals surface area contributed by atoms with E-state index in [1.807, 2.05) is 57.6 Å². The van der Waals surface area contributed by atoms with E-state index in [1.165, 1.54) is 77.0 Å². The molecule has 0 aromatic rings. The summed E-state index contributed by atoms with van der Waals surface area (Å²) < 4.78 is 17.2. The molecular formula is C48H82NO7+. The molecule has 0 aliphatic heterocycles. The molecule has 1 N–H and O–H groups in total. The number of quaternary nitrogens is 1. The van der Waals surface area contributed by atoms with Crippen molar-refractivity contribution in [3.63, 3.8) is 0 Å². The summed E-state index contributed by atoms with van der Waals surface area (Å²) in [5.74, 6) is -1.53. The summed E-state index contributed by atoms with van der Waals surface area (Å²) in [5.41, 5.74) is 0. The summed E-state index contributed by atoms with van der Waals surface area (Å²) in [6.45, 7) is 4.51. The lowest BCUT2D eigenvalue weighted by Crippen LogP contribution is -2.50. The van der Waals surface area contributed by atoms with Crippen LogP contribution in [0.4, 0.5) is 0 Å².